The van der Waals surface area contributed by atoms with E-state index in [1.54, 1.807) is 31.2 Å². The summed E-state index contributed by atoms with van der Waals surface area (Å²) < 4.78 is 37.8. The highest BCUT2D eigenvalue weighted by Gasteiger charge is 2.46. The summed E-state index contributed by atoms with van der Waals surface area (Å²) in [6.45, 7) is 2.69. The third-order valence-electron chi connectivity index (χ3n) is 6.42. The monoisotopic (exact) mass is 606 g/mol. The summed E-state index contributed by atoms with van der Waals surface area (Å²) in [4.78, 5) is 24.4. The number of nitrogen functional groups attached to an aromatic ring is 1. The number of nitrogens with two attached hydrogens (primary N) is 1. The molecule has 6 atom stereocenters. The number of carbonyl (C=O) groups is 1. The third-order valence-corrected chi connectivity index (χ3v) is 8.32. The fraction of sp³-hybridized carbons (Fsp3) is 0.360. The molecule has 0 amide bonds. The zero-order valence-corrected chi connectivity index (χ0v) is 23.6. The van der Waals surface area contributed by atoms with Crippen LogP contribution < -0.4 is 15.3 Å². The number of halogens is 1. The molecule has 2 aromatic heterocycles. The molecule has 1 aliphatic heterocycles. The molecule has 0 aliphatic carbocycles. The molecule has 0 saturated carbocycles. The largest absolute Gasteiger partial charge is 0.465 e. The van der Waals surface area contributed by atoms with E-state index in [1.165, 1.54) is 17.8 Å². The quantitative estimate of drug-likeness (QED) is 0.117. The summed E-state index contributed by atoms with van der Waals surface area (Å²) in [6, 6.07) is 11.4. The van der Waals surface area contributed by atoms with Gasteiger partial charge in [-0.1, -0.05) is 36.4 Å². The number of hydrogen-bond donors (Lipinski definition) is 4. The van der Waals surface area contributed by atoms with Crippen molar-refractivity contribution >= 4 is 53.1 Å². The van der Waals surface area contributed by atoms with Crippen LogP contribution in [0.5, 0.6) is 5.75 Å². The predicted molar refractivity (Wildman–Crippen MR) is 148 cm³/mol. The second-order valence-corrected chi connectivity index (χ2v) is 11.2. The number of rotatable bonds is 10. The van der Waals surface area contributed by atoms with Crippen LogP contribution >= 0.6 is 19.3 Å². The number of fused-ring (bicyclic) bond motifs is 2. The van der Waals surface area contributed by atoms with Gasteiger partial charge in [0, 0.05) is 5.39 Å². The van der Waals surface area contributed by atoms with Crippen molar-refractivity contribution in [2.45, 2.75) is 44.4 Å². The number of ether oxygens (including phenoxy) is 2. The maximum absolute atomic E-state index is 14.0. The van der Waals surface area contributed by atoms with Crippen LogP contribution in [0.1, 0.15) is 20.1 Å². The van der Waals surface area contributed by atoms with Gasteiger partial charge < -0.3 is 29.9 Å². The van der Waals surface area contributed by atoms with Crippen LogP contribution in [-0.4, -0.2) is 73.3 Å². The molecular weight excluding hydrogens is 579 g/mol. The molecule has 2 aromatic carbocycles. The first-order valence-electron chi connectivity index (χ1n) is 12.6. The van der Waals surface area contributed by atoms with Crippen molar-refractivity contribution in [3.63, 3.8) is 0 Å². The number of carbonyl (C=O) groups excluding carboxylic acids is 1. The normalized spacial score (nSPS) is 23.0. The molecule has 3 heterocycles. The Morgan fingerprint density at radius 1 is 1.22 bits per heavy atom. The second-order valence-electron chi connectivity index (χ2n) is 9.19. The summed E-state index contributed by atoms with van der Waals surface area (Å²) in [5, 5.41) is 25.6. The van der Waals surface area contributed by atoms with E-state index in [0.29, 0.717) is 5.39 Å². The Balaban J connectivity index is 1.39. The SMILES string of the molecule is CCOC(=O)[C@H](C)NP(=O)(OC[C@H]1O[C@@H](n2c(Cl)nc3c(N)ncnc32)C(O)[C@H]1O)Oc1cccc2ccccc12. The van der Waals surface area contributed by atoms with E-state index >= 15 is 0 Å². The zero-order valence-electron chi connectivity index (χ0n) is 22.0. The Morgan fingerprint density at radius 3 is 2.76 bits per heavy atom. The number of aliphatic hydroxyl groups is 2. The first-order valence-corrected chi connectivity index (χ1v) is 14.6. The Bertz CT molecular complexity index is 1620. The average molecular weight is 607 g/mol. The topological polar surface area (TPSA) is 193 Å². The third kappa shape index (κ3) is 5.86. The molecule has 5 N–H and O–H groups in total. The number of esters is 1. The van der Waals surface area contributed by atoms with E-state index in [4.69, 9.17) is 35.9 Å². The number of aromatic nitrogens is 4. The molecule has 0 radical (unpaired) electrons. The van der Waals surface area contributed by atoms with Crippen LogP contribution in [0, 0.1) is 0 Å². The summed E-state index contributed by atoms with van der Waals surface area (Å²) in [5.74, 6) is -0.375. The Hall–Kier alpha value is -3.36. The van der Waals surface area contributed by atoms with Gasteiger partial charge in [-0.15, -0.1) is 0 Å². The minimum Gasteiger partial charge on any atom is -0.465 e. The molecule has 1 fully saturated rings. The van der Waals surface area contributed by atoms with E-state index in [-0.39, 0.29) is 34.6 Å². The van der Waals surface area contributed by atoms with Crippen LogP contribution in [0.2, 0.25) is 5.28 Å². The number of hydrogen-bond acceptors (Lipinski definition) is 12. The van der Waals surface area contributed by atoms with Crippen molar-refractivity contribution in [3.8, 4) is 5.75 Å². The van der Waals surface area contributed by atoms with Crippen molar-refractivity contribution in [1.29, 1.82) is 0 Å². The van der Waals surface area contributed by atoms with Crippen molar-refractivity contribution in [2.75, 3.05) is 18.9 Å². The standard InChI is InChI=1S/C25H28ClN6O8P/c1-3-37-24(35)13(2)31-41(36,40-16-10-6-8-14-7-4-5-9-15(14)16)38-11-17-19(33)20(34)23(39-17)32-22-18(30-25(32)26)21(27)28-12-29-22/h4-10,12-13,17,19-20,23,33-34H,3,11H2,1-2H3,(H,31,36)(H2,27,28,29)/t13-,17+,19-,20?,23+,41?/m0/s1. The molecule has 1 aliphatic rings. The van der Waals surface area contributed by atoms with Crippen molar-refractivity contribution in [1.82, 2.24) is 24.6 Å². The second kappa shape index (κ2) is 11.9. The van der Waals surface area contributed by atoms with Crippen LogP contribution in [0.15, 0.2) is 48.8 Å². The van der Waals surface area contributed by atoms with Crippen LogP contribution in [-0.2, 0) is 23.4 Å². The Labute approximate surface area is 238 Å². The fourth-order valence-electron chi connectivity index (χ4n) is 4.43. The highest BCUT2D eigenvalue weighted by atomic mass is 35.5. The van der Waals surface area contributed by atoms with Crippen LogP contribution in [0.4, 0.5) is 5.82 Å². The lowest BCUT2D eigenvalue weighted by Gasteiger charge is -2.25. The van der Waals surface area contributed by atoms with Gasteiger partial charge in [0.25, 0.3) is 0 Å². The summed E-state index contributed by atoms with van der Waals surface area (Å²) in [5.41, 5.74) is 6.22. The molecule has 16 heteroatoms. The Kier molecular flexibility index (Phi) is 8.43. The highest BCUT2D eigenvalue weighted by Crippen LogP contribution is 2.48. The molecule has 41 heavy (non-hydrogen) atoms. The highest BCUT2D eigenvalue weighted by molar-refractivity contribution is 7.52. The summed E-state index contributed by atoms with van der Waals surface area (Å²) in [7, 11) is -4.32. The van der Waals surface area contributed by atoms with Crippen molar-refractivity contribution < 1.29 is 38.1 Å². The molecule has 14 nitrogen and oxygen atoms in total. The number of anilines is 1. The maximum Gasteiger partial charge on any atom is 0.459 e. The molecular formula is C25H28ClN6O8P. The van der Waals surface area contributed by atoms with Crippen LogP contribution in [0.25, 0.3) is 21.9 Å². The van der Waals surface area contributed by atoms with Gasteiger partial charge >= 0.3 is 13.7 Å². The number of imidazole rings is 1. The molecule has 1 saturated heterocycles. The van der Waals surface area contributed by atoms with Gasteiger partial charge in [0.2, 0.25) is 5.28 Å². The van der Waals surface area contributed by atoms with Gasteiger partial charge in [0.05, 0.1) is 13.2 Å². The average Bonchev–Trinajstić information content (AvgIpc) is 3.43. The minimum absolute atomic E-state index is 0.0666. The van der Waals surface area contributed by atoms with E-state index in [2.05, 4.69) is 20.0 Å². The first-order chi connectivity index (χ1) is 19.6. The molecule has 5 rings (SSSR count). The van der Waals surface area contributed by atoms with Crippen LogP contribution in [0.3, 0.4) is 0 Å². The first kappa shape index (κ1) is 29.1. The zero-order chi connectivity index (χ0) is 29.3. The maximum atomic E-state index is 14.0. The van der Waals surface area contributed by atoms with E-state index < -0.39 is 50.9 Å². The number of nitrogens with one attached hydrogen (secondary N) is 1. The molecule has 218 valence electrons. The minimum atomic E-state index is -4.32. The number of benzene rings is 2. The lowest BCUT2D eigenvalue weighted by molar-refractivity contribution is -0.144. The molecule has 2 unspecified atom stereocenters. The molecule has 0 bridgehead atoms. The smallest absolute Gasteiger partial charge is 0.459 e. The number of aliphatic hydroxyl groups excluding tert-OH is 2. The number of nitrogens with zero attached hydrogens (tertiary/aromatic N) is 4. The lowest BCUT2D eigenvalue weighted by Crippen LogP contribution is -2.37. The predicted octanol–water partition coefficient (Wildman–Crippen LogP) is 2.58. The van der Waals surface area contributed by atoms with Gasteiger partial charge in [-0.3, -0.25) is 13.9 Å². The molecule has 0 spiro atoms. The van der Waals surface area contributed by atoms with Gasteiger partial charge in [-0.05, 0) is 36.9 Å². The van der Waals surface area contributed by atoms with Gasteiger partial charge in [0.1, 0.15) is 36.4 Å². The van der Waals surface area contributed by atoms with E-state index in [9.17, 15) is 19.6 Å². The van der Waals surface area contributed by atoms with Gasteiger partial charge in [-0.25, -0.2) is 19.5 Å². The summed E-state index contributed by atoms with van der Waals surface area (Å²) in [6.07, 6.45) is -4.25. The van der Waals surface area contributed by atoms with Gasteiger partial charge in [-0.2, -0.15) is 5.09 Å². The Morgan fingerprint density at radius 2 is 1.98 bits per heavy atom. The lowest BCUT2D eigenvalue weighted by atomic mass is 10.1. The molecule has 4 aromatic rings. The van der Waals surface area contributed by atoms with E-state index in [0.717, 1.165) is 5.39 Å². The van der Waals surface area contributed by atoms with Crippen molar-refractivity contribution in [3.05, 3.63) is 54.1 Å². The summed E-state index contributed by atoms with van der Waals surface area (Å²) >= 11 is 6.29. The van der Waals surface area contributed by atoms with Crippen molar-refractivity contribution in [2.24, 2.45) is 0 Å². The van der Waals surface area contributed by atoms with Gasteiger partial charge in [0.15, 0.2) is 23.2 Å². The fourth-order valence-corrected chi connectivity index (χ4v) is 6.21. The van der Waals surface area contributed by atoms with E-state index in [1.807, 2.05) is 18.2 Å².